The van der Waals surface area contributed by atoms with Crippen LogP contribution < -0.4 is 4.90 Å². The molecule has 3 rings (SSSR count). The van der Waals surface area contributed by atoms with Crippen molar-refractivity contribution in [2.75, 3.05) is 18.1 Å². The summed E-state index contributed by atoms with van der Waals surface area (Å²) in [6.07, 6.45) is 0. The minimum atomic E-state index is -0.174. The lowest BCUT2D eigenvalue weighted by Crippen LogP contribution is -2.45. The van der Waals surface area contributed by atoms with Gasteiger partial charge in [0.1, 0.15) is 0 Å². The summed E-state index contributed by atoms with van der Waals surface area (Å²) in [4.78, 5) is 2.24. The zero-order valence-electron chi connectivity index (χ0n) is 9.06. The molecule has 15 heavy (non-hydrogen) atoms. The maximum absolute atomic E-state index is 5.52. The van der Waals surface area contributed by atoms with Gasteiger partial charge in [-0.3, -0.25) is 0 Å². The number of epoxide rings is 2. The fourth-order valence-electron chi connectivity index (χ4n) is 2.09. The number of anilines is 1. The minimum absolute atomic E-state index is 0.174. The standard InChI is InChI=1S/C12H15NO2/c1-11(8-14-11)13(12(2)9-15-12)10-6-4-3-5-7-10/h3-7H,8-9H2,1-2H3. The van der Waals surface area contributed by atoms with E-state index in [1.165, 1.54) is 0 Å². The summed E-state index contributed by atoms with van der Waals surface area (Å²) in [6.45, 7) is 5.77. The highest BCUT2D eigenvalue weighted by Gasteiger charge is 2.58. The summed E-state index contributed by atoms with van der Waals surface area (Å²) in [5.74, 6) is 0. The first-order valence-electron chi connectivity index (χ1n) is 5.27. The quantitative estimate of drug-likeness (QED) is 0.706. The highest BCUT2D eigenvalue weighted by Crippen LogP contribution is 2.45. The Morgan fingerprint density at radius 3 is 1.87 bits per heavy atom. The van der Waals surface area contributed by atoms with Crippen LogP contribution in [0.1, 0.15) is 13.8 Å². The first-order chi connectivity index (χ1) is 7.14. The zero-order chi connectivity index (χ0) is 10.5. The molecule has 1 aromatic rings. The van der Waals surface area contributed by atoms with E-state index in [0.29, 0.717) is 0 Å². The van der Waals surface area contributed by atoms with Crippen LogP contribution in [-0.4, -0.2) is 24.7 Å². The molecule has 3 heteroatoms. The van der Waals surface area contributed by atoms with Crippen molar-refractivity contribution >= 4 is 5.69 Å². The lowest BCUT2D eigenvalue weighted by atomic mass is 10.1. The van der Waals surface area contributed by atoms with Gasteiger partial charge in [0.05, 0.1) is 13.2 Å². The Hall–Kier alpha value is -1.06. The van der Waals surface area contributed by atoms with E-state index in [2.05, 4.69) is 30.9 Å². The molecule has 1 aromatic carbocycles. The molecule has 2 heterocycles. The average molecular weight is 205 g/mol. The second-order valence-electron chi connectivity index (χ2n) is 4.60. The van der Waals surface area contributed by atoms with Gasteiger partial charge in [0, 0.05) is 5.69 Å². The van der Waals surface area contributed by atoms with Gasteiger partial charge >= 0.3 is 0 Å². The molecule has 2 saturated heterocycles. The number of para-hydroxylation sites is 1. The van der Waals surface area contributed by atoms with Gasteiger partial charge in [-0.2, -0.15) is 0 Å². The predicted octanol–water partition coefficient (Wildman–Crippen LogP) is 1.99. The summed E-state index contributed by atoms with van der Waals surface area (Å²) < 4.78 is 11.0. The summed E-state index contributed by atoms with van der Waals surface area (Å²) >= 11 is 0. The van der Waals surface area contributed by atoms with Gasteiger partial charge in [-0.25, -0.2) is 0 Å². The van der Waals surface area contributed by atoms with E-state index in [0.717, 1.165) is 18.9 Å². The molecule has 0 radical (unpaired) electrons. The zero-order valence-corrected chi connectivity index (χ0v) is 9.06. The third-order valence-electron chi connectivity index (χ3n) is 3.08. The van der Waals surface area contributed by atoms with Crippen molar-refractivity contribution < 1.29 is 9.47 Å². The first kappa shape index (κ1) is 9.19. The van der Waals surface area contributed by atoms with E-state index >= 15 is 0 Å². The Morgan fingerprint density at radius 2 is 1.47 bits per heavy atom. The molecule has 0 spiro atoms. The fraction of sp³-hybridized carbons (Fsp3) is 0.500. The maximum Gasteiger partial charge on any atom is 0.164 e. The Bertz CT molecular complexity index is 350. The van der Waals surface area contributed by atoms with Crippen molar-refractivity contribution in [1.29, 1.82) is 0 Å². The molecule has 0 bridgehead atoms. The van der Waals surface area contributed by atoms with Gasteiger partial charge in [-0.1, -0.05) is 18.2 Å². The van der Waals surface area contributed by atoms with Crippen LogP contribution in [0.5, 0.6) is 0 Å². The molecule has 0 saturated carbocycles. The van der Waals surface area contributed by atoms with Crippen LogP contribution in [0.25, 0.3) is 0 Å². The lowest BCUT2D eigenvalue weighted by molar-refractivity contribution is 0.231. The molecule has 3 nitrogen and oxygen atoms in total. The van der Waals surface area contributed by atoms with Crippen LogP contribution in [0.3, 0.4) is 0 Å². The molecular formula is C12H15NO2. The van der Waals surface area contributed by atoms with Crippen LogP contribution in [0.4, 0.5) is 5.69 Å². The largest absolute Gasteiger partial charge is 0.348 e. The maximum atomic E-state index is 5.52. The second kappa shape index (κ2) is 2.74. The molecule has 0 aliphatic carbocycles. The Morgan fingerprint density at radius 1 is 1.00 bits per heavy atom. The molecule has 0 aromatic heterocycles. The number of ether oxygens (including phenoxy) is 2. The minimum Gasteiger partial charge on any atom is -0.348 e. The van der Waals surface area contributed by atoms with Gasteiger partial charge in [0.2, 0.25) is 0 Å². The van der Waals surface area contributed by atoms with E-state index in [-0.39, 0.29) is 11.4 Å². The van der Waals surface area contributed by atoms with Crippen LogP contribution >= 0.6 is 0 Å². The summed E-state index contributed by atoms with van der Waals surface area (Å²) in [5.41, 5.74) is 0.816. The Labute approximate surface area is 89.6 Å². The monoisotopic (exact) mass is 205 g/mol. The molecule has 2 atom stereocenters. The third-order valence-corrected chi connectivity index (χ3v) is 3.08. The fourth-order valence-corrected chi connectivity index (χ4v) is 2.09. The lowest BCUT2D eigenvalue weighted by Gasteiger charge is -2.32. The molecule has 2 unspecified atom stereocenters. The van der Waals surface area contributed by atoms with Crippen LogP contribution in [-0.2, 0) is 9.47 Å². The van der Waals surface area contributed by atoms with Crippen molar-refractivity contribution in [3.8, 4) is 0 Å². The summed E-state index contributed by atoms with van der Waals surface area (Å²) in [5, 5.41) is 0. The van der Waals surface area contributed by atoms with Gasteiger partial charge in [0.25, 0.3) is 0 Å². The van der Waals surface area contributed by atoms with Crippen LogP contribution in [0.2, 0.25) is 0 Å². The van der Waals surface area contributed by atoms with Crippen molar-refractivity contribution in [2.24, 2.45) is 0 Å². The number of benzene rings is 1. The van der Waals surface area contributed by atoms with Crippen molar-refractivity contribution in [2.45, 2.75) is 25.3 Å². The summed E-state index contributed by atoms with van der Waals surface area (Å²) in [6, 6.07) is 10.3. The van der Waals surface area contributed by atoms with Gasteiger partial charge in [-0.15, -0.1) is 0 Å². The topological polar surface area (TPSA) is 28.3 Å². The molecule has 0 N–H and O–H groups in total. The Kier molecular flexibility index (Phi) is 1.68. The first-order valence-corrected chi connectivity index (χ1v) is 5.27. The number of rotatable bonds is 3. The van der Waals surface area contributed by atoms with Gasteiger partial charge < -0.3 is 14.4 Å². The SMILES string of the molecule is CC1(N(c2ccccc2)C2(C)CO2)CO1. The molecule has 2 aliphatic heterocycles. The van der Waals surface area contributed by atoms with Gasteiger partial charge in [-0.05, 0) is 26.0 Å². The molecule has 80 valence electrons. The van der Waals surface area contributed by atoms with E-state index in [1.54, 1.807) is 0 Å². The number of nitrogens with zero attached hydrogens (tertiary/aromatic N) is 1. The predicted molar refractivity (Wildman–Crippen MR) is 57.6 cm³/mol. The van der Waals surface area contributed by atoms with E-state index in [4.69, 9.17) is 9.47 Å². The number of hydrogen-bond donors (Lipinski definition) is 0. The molecule has 2 fully saturated rings. The van der Waals surface area contributed by atoms with Gasteiger partial charge in [0.15, 0.2) is 11.4 Å². The highest BCUT2D eigenvalue weighted by atomic mass is 16.7. The molecule has 0 amide bonds. The van der Waals surface area contributed by atoms with Crippen LogP contribution in [0.15, 0.2) is 30.3 Å². The Balaban J connectivity index is 1.98. The van der Waals surface area contributed by atoms with E-state index in [1.807, 2.05) is 18.2 Å². The summed E-state index contributed by atoms with van der Waals surface area (Å²) in [7, 11) is 0. The van der Waals surface area contributed by atoms with Crippen molar-refractivity contribution in [1.82, 2.24) is 0 Å². The molecule has 2 aliphatic rings. The van der Waals surface area contributed by atoms with E-state index < -0.39 is 0 Å². The average Bonchev–Trinajstić information content (AvgIpc) is 3.11. The number of hydrogen-bond acceptors (Lipinski definition) is 3. The normalized spacial score (nSPS) is 37.5. The van der Waals surface area contributed by atoms with Crippen LogP contribution in [0, 0.1) is 0 Å². The third kappa shape index (κ3) is 1.43. The van der Waals surface area contributed by atoms with E-state index in [9.17, 15) is 0 Å². The van der Waals surface area contributed by atoms with Crippen molar-refractivity contribution in [3.05, 3.63) is 30.3 Å². The second-order valence-corrected chi connectivity index (χ2v) is 4.60. The van der Waals surface area contributed by atoms with Crippen molar-refractivity contribution in [3.63, 3.8) is 0 Å². The highest BCUT2D eigenvalue weighted by molar-refractivity contribution is 5.52. The smallest absolute Gasteiger partial charge is 0.164 e. The molecular weight excluding hydrogens is 190 g/mol.